The Morgan fingerprint density at radius 1 is 1.32 bits per heavy atom. The van der Waals surface area contributed by atoms with Crippen LogP contribution in [0.1, 0.15) is 12.5 Å². The summed E-state index contributed by atoms with van der Waals surface area (Å²) in [5, 5.41) is 10.2. The Bertz CT molecular complexity index is 882. The van der Waals surface area contributed by atoms with E-state index in [4.69, 9.17) is 28.6 Å². The monoisotopic (exact) mass is 391 g/mol. The van der Waals surface area contributed by atoms with E-state index in [0.717, 1.165) is 5.56 Å². The van der Waals surface area contributed by atoms with E-state index in [2.05, 4.69) is 0 Å². The molecule has 0 saturated carbocycles. The number of para-hydroxylation sites is 1. The molecule has 1 heterocycles. The molecule has 1 saturated heterocycles. The van der Waals surface area contributed by atoms with Crippen molar-refractivity contribution < 1.29 is 14.6 Å². The number of hydrogen-bond donors (Lipinski definition) is 1. The molecule has 1 aliphatic heterocycles. The Labute approximate surface area is 160 Å². The highest BCUT2D eigenvalue weighted by atomic mass is 35.5. The van der Waals surface area contributed by atoms with Gasteiger partial charge in [0, 0.05) is 0 Å². The summed E-state index contributed by atoms with van der Waals surface area (Å²) in [6.07, 6.45) is 1.72. The smallest absolute Gasteiger partial charge is 0.270 e. The first kappa shape index (κ1) is 17.8. The fourth-order valence-electron chi connectivity index (χ4n) is 2.35. The number of amides is 1. The van der Waals surface area contributed by atoms with E-state index >= 15 is 0 Å². The van der Waals surface area contributed by atoms with Crippen molar-refractivity contribution in [3.8, 4) is 11.5 Å². The number of benzene rings is 2. The van der Waals surface area contributed by atoms with E-state index in [-0.39, 0.29) is 11.7 Å². The average Bonchev–Trinajstić information content (AvgIpc) is 2.85. The van der Waals surface area contributed by atoms with Crippen molar-refractivity contribution in [3.05, 3.63) is 58.0 Å². The number of phenolic OH excluding ortho intramolecular Hbond substituents is 1. The minimum atomic E-state index is -0.228. The number of carbonyl (C=O) groups excluding carboxylic acids is 1. The standard InChI is InChI=1S/C18H14ClNO3S2/c1-2-23-15-9-11(7-8-14(15)21)10-16-17(22)20(18(24)25-16)13-6-4-3-5-12(13)19/h3-10,21H,2H2,1H3. The van der Waals surface area contributed by atoms with Crippen LogP contribution in [-0.2, 0) is 4.79 Å². The molecule has 0 unspecified atom stereocenters. The Kier molecular flexibility index (Phi) is 5.32. The van der Waals surface area contributed by atoms with Gasteiger partial charge in [-0.2, -0.15) is 0 Å². The maximum atomic E-state index is 12.8. The fraction of sp³-hybridized carbons (Fsp3) is 0.111. The second-order valence-corrected chi connectivity index (χ2v) is 7.21. The first-order valence-corrected chi connectivity index (χ1v) is 9.10. The maximum absolute atomic E-state index is 12.8. The zero-order valence-electron chi connectivity index (χ0n) is 13.2. The predicted octanol–water partition coefficient (Wildman–Crippen LogP) is 4.85. The van der Waals surface area contributed by atoms with Crippen LogP contribution in [0.5, 0.6) is 11.5 Å². The molecule has 4 nitrogen and oxygen atoms in total. The van der Waals surface area contributed by atoms with E-state index in [1.807, 2.05) is 6.92 Å². The number of ether oxygens (including phenoxy) is 1. The summed E-state index contributed by atoms with van der Waals surface area (Å²) in [5.74, 6) is 0.203. The number of anilines is 1. The van der Waals surface area contributed by atoms with Crippen LogP contribution in [0, 0.1) is 0 Å². The molecule has 0 aromatic heterocycles. The van der Waals surface area contributed by atoms with Crippen molar-refractivity contribution in [2.75, 3.05) is 11.5 Å². The quantitative estimate of drug-likeness (QED) is 0.596. The minimum Gasteiger partial charge on any atom is -0.504 e. The molecule has 0 bridgehead atoms. The summed E-state index contributed by atoms with van der Waals surface area (Å²) in [6.45, 7) is 2.27. The SMILES string of the molecule is CCOc1cc(C=C2SC(=S)N(c3ccccc3Cl)C2=O)ccc1O. The number of hydrogen-bond acceptors (Lipinski definition) is 5. The number of thiocarbonyl (C=S) groups is 1. The summed E-state index contributed by atoms with van der Waals surface area (Å²) in [4.78, 5) is 14.7. The van der Waals surface area contributed by atoms with Crippen LogP contribution in [0.3, 0.4) is 0 Å². The number of phenols is 1. The minimum absolute atomic E-state index is 0.0580. The molecule has 0 spiro atoms. The molecule has 0 atom stereocenters. The second-order valence-electron chi connectivity index (χ2n) is 5.13. The number of nitrogens with zero attached hydrogens (tertiary/aromatic N) is 1. The summed E-state index contributed by atoms with van der Waals surface area (Å²) < 4.78 is 5.80. The molecule has 1 N–H and O–H groups in total. The first-order valence-electron chi connectivity index (χ1n) is 7.49. The van der Waals surface area contributed by atoms with Crippen LogP contribution in [0.2, 0.25) is 5.02 Å². The molecular formula is C18H14ClNO3S2. The fourth-order valence-corrected chi connectivity index (χ4v) is 3.86. The van der Waals surface area contributed by atoms with Gasteiger partial charge in [0.2, 0.25) is 0 Å². The summed E-state index contributed by atoms with van der Waals surface area (Å²) in [6, 6.07) is 12.0. The van der Waals surface area contributed by atoms with Gasteiger partial charge in [-0.15, -0.1) is 0 Å². The first-order chi connectivity index (χ1) is 12.0. The number of carbonyl (C=O) groups is 1. The molecule has 0 aliphatic carbocycles. The third kappa shape index (κ3) is 3.66. The normalized spacial score (nSPS) is 15.9. The molecule has 1 amide bonds. The van der Waals surface area contributed by atoms with Crippen LogP contribution in [0.15, 0.2) is 47.4 Å². The van der Waals surface area contributed by atoms with Crippen molar-refractivity contribution in [1.29, 1.82) is 0 Å². The van der Waals surface area contributed by atoms with Gasteiger partial charge in [0.25, 0.3) is 5.91 Å². The molecule has 1 fully saturated rings. The lowest BCUT2D eigenvalue weighted by Gasteiger charge is -2.15. The van der Waals surface area contributed by atoms with Gasteiger partial charge in [0.15, 0.2) is 15.8 Å². The lowest BCUT2D eigenvalue weighted by Crippen LogP contribution is -2.27. The number of thioether (sulfide) groups is 1. The van der Waals surface area contributed by atoms with E-state index in [1.165, 1.54) is 22.7 Å². The summed E-state index contributed by atoms with van der Waals surface area (Å²) >= 11 is 12.7. The van der Waals surface area contributed by atoms with E-state index in [9.17, 15) is 9.90 Å². The number of aromatic hydroxyl groups is 1. The van der Waals surface area contributed by atoms with Crippen molar-refractivity contribution in [3.63, 3.8) is 0 Å². The van der Waals surface area contributed by atoms with Gasteiger partial charge in [-0.1, -0.05) is 53.8 Å². The average molecular weight is 392 g/mol. The van der Waals surface area contributed by atoms with Gasteiger partial charge in [-0.25, -0.2) is 0 Å². The van der Waals surface area contributed by atoms with Crippen LogP contribution < -0.4 is 9.64 Å². The molecule has 3 rings (SSSR count). The van der Waals surface area contributed by atoms with Crippen molar-refractivity contribution in [1.82, 2.24) is 0 Å². The molecular weight excluding hydrogens is 378 g/mol. The van der Waals surface area contributed by atoms with E-state index < -0.39 is 0 Å². The Balaban J connectivity index is 1.93. The Morgan fingerprint density at radius 2 is 2.08 bits per heavy atom. The topological polar surface area (TPSA) is 49.8 Å². The highest BCUT2D eigenvalue weighted by Crippen LogP contribution is 2.39. The third-order valence-corrected chi connectivity index (χ3v) is 5.09. The van der Waals surface area contributed by atoms with Gasteiger partial charge >= 0.3 is 0 Å². The van der Waals surface area contributed by atoms with Crippen molar-refractivity contribution in [2.45, 2.75) is 6.92 Å². The van der Waals surface area contributed by atoms with Crippen LogP contribution in [0.25, 0.3) is 6.08 Å². The highest BCUT2D eigenvalue weighted by Gasteiger charge is 2.34. The van der Waals surface area contributed by atoms with Gasteiger partial charge < -0.3 is 9.84 Å². The van der Waals surface area contributed by atoms with Gasteiger partial charge in [-0.3, -0.25) is 9.69 Å². The van der Waals surface area contributed by atoms with Crippen molar-refractivity contribution >= 4 is 57.6 Å². The Morgan fingerprint density at radius 3 is 2.80 bits per heavy atom. The van der Waals surface area contributed by atoms with E-state index in [1.54, 1.807) is 42.5 Å². The van der Waals surface area contributed by atoms with Crippen LogP contribution in [0.4, 0.5) is 5.69 Å². The van der Waals surface area contributed by atoms with Gasteiger partial charge in [0.1, 0.15) is 0 Å². The van der Waals surface area contributed by atoms with Crippen LogP contribution >= 0.6 is 35.6 Å². The van der Waals surface area contributed by atoms with E-state index in [0.29, 0.717) is 32.3 Å². The molecule has 25 heavy (non-hydrogen) atoms. The van der Waals surface area contributed by atoms with Crippen molar-refractivity contribution in [2.24, 2.45) is 0 Å². The second kappa shape index (κ2) is 7.47. The zero-order chi connectivity index (χ0) is 18.0. The summed E-state index contributed by atoms with van der Waals surface area (Å²) in [7, 11) is 0. The highest BCUT2D eigenvalue weighted by molar-refractivity contribution is 8.27. The number of rotatable bonds is 4. The molecule has 7 heteroatoms. The Hall–Kier alpha value is -2.02. The van der Waals surface area contributed by atoms with Gasteiger partial charge in [0.05, 0.1) is 22.2 Å². The molecule has 128 valence electrons. The molecule has 2 aromatic carbocycles. The predicted molar refractivity (Wildman–Crippen MR) is 106 cm³/mol. The van der Waals surface area contributed by atoms with Crippen LogP contribution in [-0.4, -0.2) is 21.9 Å². The van der Waals surface area contributed by atoms with Gasteiger partial charge in [-0.05, 0) is 42.8 Å². The number of halogens is 1. The summed E-state index contributed by atoms with van der Waals surface area (Å²) in [5.41, 5.74) is 1.30. The third-order valence-electron chi connectivity index (χ3n) is 3.47. The zero-order valence-corrected chi connectivity index (χ0v) is 15.6. The molecule has 0 radical (unpaired) electrons. The maximum Gasteiger partial charge on any atom is 0.270 e. The largest absolute Gasteiger partial charge is 0.504 e. The molecule has 1 aliphatic rings. The lowest BCUT2D eigenvalue weighted by molar-refractivity contribution is -0.113. The lowest BCUT2D eigenvalue weighted by atomic mass is 10.2. The molecule has 2 aromatic rings.